The van der Waals surface area contributed by atoms with E-state index in [0.717, 1.165) is 6.07 Å². The van der Waals surface area contributed by atoms with Gasteiger partial charge in [0.15, 0.2) is 6.71 Å². The smallest absolute Gasteiger partial charge is 0.372 e. The van der Waals surface area contributed by atoms with Crippen LogP contribution < -0.4 is 5.46 Å². The molecule has 1 nitrogen and oxygen atoms in total. The third-order valence-electron chi connectivity index (χ3n) is 3.54. The van der Waals surface area contributed by atoms with Gasteiger partial charge in [0.2, 0.25) is 0 Å². The topological polar surface area (TPSA) is 9.23 Å². The molecule has 2 rings (SSSR count). The SMILES string of the molecule is CB(C)c1ccc(COCc2ccccc2C(F)(F)F)cc1F. The van der Waals surface area contributed by atoms with Crippen LogP contribution in [-0.2, 0) is 24.1 Å². The second-order valence-corrected chi connectivity index (χ2v) is 5.66. The molecule has 0 saturated heterocycles. The van der Waals surface area contributed by atoms with Crippen molar-refractivity contribution in [3.63, 3.8) is 0 Å². The number of benzene rings is 2. The predicted octanol–water partition coefficient (Wildman–Crippen LogP) is 4.52. The average molecular weight is 324 g/mol. The van der Waals surface area contributed by atoms with Gasteiger partial charge in [0.1, 0.15) is 5.82 Å². The maximum atomic E-state index is 13.9. The summed E-state index contributed by atoms with van der Waals surface area (Å²) in [5.74, 6) is -0.322. The van der Waals surface area contributed by atoms with Gasteiger partial charge in [-0.25, -0.2) is 4.39 Å². The molecule has 2 aromatic carbocycles. The minimum absolute atomic E-state index is 0.0570. The van der Waals surface area contributed by atoms with Crippen molar-refractivity contribution in [2.45, 2.75) is 33.0 Å². The van der Waals surface area contributed by atoms with E-state index in [0.29, 0.717) is 11.0 Å². The molecule has 0 aliphatic heterocycles. The van der Waals surface area contributed by atoms with Gasteiger partial charge in [0.25, 0.3) is 0 Å². The zero-order valence-electron chi connectivity index (χ0n) is 13.0. The lowest BCUT2D eigenvalue weighted by Gasteiger charge is -2.13. The van der Waals surface area contributed by atoms with E-state index in [-0.39, 0.29) is 31.3 Å². The van der Waals surface area contributed by atoms with E-state index >= 15 is 0 Å². The predicted molar refractivity (Wildman–Crippen MR) is 83.5 cm³/mol. The van der Waals surface area contributed by atoms with E-state index in [1.54, 1.807) is 12.1 Å². The first kappa shape index (κ1) is 17.5. The zero-order valence-corrected chi connectivity index (χ0v) is 13.0. The summed E-state index contributed by atoms with van der Waals surface area (Å²) in [4.78, 5) is 0. The third kappa shape index (κ3) is 4.58. The van der Waals surface area contributed by atoms with Gasteiger partial charge in [-0.3, -0.25) is 0 Å². The Hall–Kier alpha value is -1.82. The molecule has 0 unspecified atom stereocenters. The standard InChI is InChI=1S/C17H17BF4O/c1-18(2)15-8-7-12(9-16(15)19)10-23-11-13-5-3-4-6-14(13)17(20,21)22/h3-9H,10-11H2,1-2H3. The fraction of sp³-hybridized carbons (Fsp3) is 0.294. The van der Waals surface area contributed by atoms with E-state index in [1.807, 2.05) is 13.6 Å². The van der Waals surface area contributed by atoms with Crippen molar-refractivity contribution < 1.29 is 22.3 Å². The van der Waals surface area contributed by atoms with E-state index in [9.17, 15) is 17.6 Å². The maximum Gasteiger partial charge on any atom is 0.416 e. The first-order valence-electron chi connectivity index (χ1n) is 7.30. The molecule has 0 aliphatic carbocycles. The normalized spacial score (nSPS) is 11.6. The molecule has 23 heavy (non-hydrogen) atoms. The highest BCUT2D eigenvalue weighted by Gasteiger charge is 2.32. The first-order valence-corrected chi connectivity index (χ1v) is 7.30. The lowest BCUT2D eigenvalue weighted by molar-refractivity contribution is -0.138. The Labute approximate surface area is 133 Å². The van der Waals surface area contributed by atoms with Crippen LogP contribution in [-0.4, -0.2) is 6.71 Å². The molecule has 0 N–H and O–H groups in total. The van der Waals surface area contributed by atoms with Crippen LogP contribution in [0.5, 0.6) is 0 Å². The van der Waals surface area contributed by atoms with E-state index in [1.165, 1.54) is 24.3 Å². The van der Waals surface area contributed by atoms with Crippen molar-refractivity contribution in [3.05, 3.63) is 65.0 Å². The summed E-state index contributed by atoms with van der Waals surface area (Å²) in [5.41, 5.74) is 0.563. The Morgan fingerprint density at radius 2 is 1.70 bits per heavy atom. The summed E-state index contributed by atoms with van der Waals surface area (Å²) >= 11 is 0. The van der Waals surface area contributed by atoms with Crippen LogP contribution in [0.15, 0.2) is 42.5 Å². The highest BCUT2D eigenvalue weighted by Crippen LogP contribution is 2.32. The van der Waals surface area contributed by atoms with Crippen LogP contribution in [0.25, 0.3) is 0 Å². The van der Waals surface area contributed by atoms with Crippen molar-refractivity contribution in [1.82, 2.24) is 0 Å². The number of hydrogen-bond donors (Lipinski definition) is 0. The number of hydrogen-bond acceptors (Lipinski definition) is 1. The van der Waals surface area contributed by atoms with Gasteiger partial charge in [-0.1, -0.05) is 44.0 Å². The molecule has 0 amide bonds. The monoisotopic (exact) mass is 324 g/mol. The molecule has 0 spiro atoms. The Morgan fingerprint density at radius 3 is 2.30 bits per heavy atom. The maximum absolute atomic E-state index is 13.9. The Bertz CT molecular complexity index is 668. The van der Waals surface area contributed by atoms with Gasteiger partial charge in [-0.2, -0.15) is 13.2 Å². The van der Waals surface area contributed by atoms with Gasteiger partial charge in [-0.05, 0) is 28.7 Å². The van der Waals surface area contributed by atoms with Crippen molar-refractivity contribution in [3.8, 4) is 0 Å². The second-order valence-electron chi connectivity index (χ2n) is 5.66. The number of halogens is 4. The molecule has 0 saturated carbocycles. The highest BCUT2D eigenvalue weighted by molar-refractivity contribution is 6.70. The summed E-state index contributed by atoms with van der Waals surface area (Å²) in [5, 5.41) is 0. The van der Waals surface area contributed by atoms with E-state index in [2.05, 4.69) is 0 Å². The molecule has 122 valence electrons. The molecule has 0 aromatic heterocycles. The van der Waals surface area contributed by atoms with Gasteiger partial charge >= 0.3 is 6.18 Å². The molecule has 0 bridgehead atoms. The minimum atomic E-state index is -4.41. The van der Waals surface area contributed by atoms with Crippen molar-refractivity contribution in [1.29, 1.82) is 0 Å². The third-order valence-corrected chi connectivity index (χ3v) is 3.54. The summed E-state index contributed by atoms with van der Waals surface area (Å²) < 4.78 is 57.8. The number of alkyl halides is 3. The molecule has 0 aliphatic rings. The van der Waals surface area contributed by atoms with Crippen molar-refractivity contribution >= 4 is 12.2 Å². The molecule has 0 heterocycles. The van der Waals surface area contributed by atoms with Gasteiger partial charge < -0.3 is 4.74 Å². The first-order chi connectivity index (χ1) is 10.8. The highest BCUT2D eigenvalue weighted by atomic mass is 19.4. The van der Waals surface area contributed by atoms with Gasteiger partial charge in [0, 0.05) is 0 Å². The fourth-order valence-electron chi connectivity index (χ4n) is 2.33. The van der Waals surface area contributed by atoms with Crippen LogP contribution >= 0.6 is 0 Å². The average Bonchev–Trinajstić information content (AvgIpc) is 2.46. The molecular formula is C17H17BF4O. The van der Waals surface area contributed by atoms with Crippen LogP contribution in [0.1, 0.15) is 16.7 Å². The van der Waals surface area contributed by atoms with Crippen LogP contribution in [0, 0.1) is 5.82 Å². The second kappa shape index (κ2) is 7.17. The quantitative estimate of drug-likeness (QED) is 0.580. The summed E-state index contributed by atoms with van der Waals surface area (Å²) in [6.07, 6.45) is -4.41. The molecule has 0 fully saturated rings. The van der Waals surface area contributed by atoms with Crippen molar-refractivity contribution in [2.24, 2.45) is 0 Å². The summed E-state index contributed by atoms with van der Waals surface area (Å²) in [6, 6.07) is 10.1. The number of ether oxygens (including phenoxy) is 1. The van der Waals surface area contributed by atoms with Crippen molar-refractivity contribution in [2.75, 3.05) is 0 Å². The van der Waals surface area contributed by atoms with E-state index < -0.39 is 11.7 Å². The summed E-state index contributed by atoms with van der Waals surface area (Å²) in [6.45, 7) is 3.74. The minimum Gasteiger partial charge on any atom is -0.372 e. The van der Waals surface area contributed by atoms with Crippen LogP contribution in [0.4, 0.5) is 17.6 Å². The lowest BCUT2D eigenvalue weighted by Crippen LogP contribution is -2.26. The van der Waals surface area contributed by atoms with Crippen LogP contribution in [0.2, 0.25) is 13.6 Å². The molecule has 2 aromatic rings. The Balaban J connectivity index is 2.02. The lowest BCUT2D eigenvalue weighted by atomic mass is 9.49. The summed E-state index contributed by atoms with van der Waals surface area (Å²) in [7, 11) is 0. The van der Waals surface area contributed by atoms with E-state index in [4.69, 9.17) is 4.74 Å². The van der Waals surface area contributed by atoms with Gasteiger partial charge in [-0.15, -0.1) is 0 Å². The molecule has 6 heteroatoms. The van der Waals surface area contributed by atoms with Gasteiger partial charge in [0.05, 0.1) is 18.8 Å². The Morgan fingerprint density at radius 1 is 1.00 bits per heavy atom. The molecule has 0 atom stereocenters. The largest absolute Gasteiger partial charge is 0.416 e. The van der Waals surface area contributed by atoms with Crippen LogP contribution in [0.3, 0.4) is 0 Å². The fourth-order valence-corrected chi connectivity index (χ4v) is 2.33. The zero-order chi connectivity index (χ0) is 17.0. The molecule has 0 radical (unpaired) electrons. The number of rotatable bonds is 5. The molecular weight excluding hydrogens is 307 g/mol. The Kier molecular flexibility index (Phi) is 5.47.